The van der Waals surface area contributed by atoms with E-state index < -0.39 is 17.0 Å². The first-order valence-electron chi connectivity index (χ1n) is 10.8. The third-order valence-corrected chi connectivity index (χ3v) is 6.15. The molecule has 0 amide bonds. The molecule has 176 valence electrons. The molecular formula is C24H18ClFN6O3. The maximum absolute atomic E-state index is 15.0. The van der Waals surface area contributed by atoms with Crippen LogP contribution in [0, 0.1) is 5.82 Å². The van der Waals surface area contributed by atoms with Gasteiger partial charge in [-0.3, -0.25) is 14.5 Å². The van der Waals surface area contributed by atoms with Crippen molar-refractivity contribution in [3.05, 3.63) is 76.1 Å². The molecule has 2 aromatic carbocycles. The zero-order valence-corrected chi connectivity index (χ0v) is 19.1. The number of nitrogens with zero attached hydrogens (tertiary/aromatic N) is 4. The number of hydrogen-bond donors (Lipinski definition) is 2. The second-order valence-corrected chi connectivity index (χ2v) is 8.85. The first kappa shape index (κ1) is 21.4. The van der Waals surface area contributed by atoms with Crippen LogP contribution in [0.5, 0.6) is 11.5 Å². The first-order valence-corrected chi connectivity index (χ1v) is 11.2. The second-order valence-electron chi connectivity index (χ2n) is 8.44. The Labute approximate surface area is 202 Å². The lowest BCUT2D eigenvalue weighted by atomic mass is 10.1. The quantitative estimate of drug-likeness (QED) is 0.389. The molecule has 3 aromatic heterocycles. The van der Waals surface area contributed by atoms with E-state index in [-0.39, 0.29) is 27.7 Å². The summed E-state index contributed by atoms with van der Waals surface area (Å²) in [5, 5.41) is 10.6. The Bertz CT molecular complexity index is 1670. The Balaban J connectivity index is 1.42. The minimum Gasteiger partial charge on any atom is -0.485 e. The van der Waals surface area contributed by atoms with Gasteiger partial charge in [0.25, 0.3) is 5.56 Å². The van der Waals surface area contributed by atoms with Crippen molar-refractivity contribution in [3.8, 4) is 17.2 Å². The summed E-state index contributed by atoms with van der Waals surface area (Å²) in [6.07, 6.45) is 2.95. The largest absolute Gasteiger partial charge is 0.485 e. The molecule has 1 aliphatic rings. The first-order chi connectivity index (χ1) is 16.9. The average molecular weight is 493 g/mol. The minimum absolute atomic E-state index is 0.0205. The van der Waals surface area contributed by atoms with Crippen LogP contribution in [-0.4, -0.2) is 43.5 Å². The zero-order chi connectivity index (χ0) is 24.2. The maximum Gasteiger partial charge on any atom is 0.267 e. The van der Waals surface area contributed by atoms with E-state index in [2.05, 4.69) is 25.5 Å². The molecule has 0 fully saturated rings. The summed E-state index contributed by atoms with van der Waals surface area (Å²) in [6.45, 7) is 2.54. The van der Waals surface area contributed by atoms with Crippen LogP contribution in [0.1, 0.15) is 6.92 Å². The number of anilines is 1. The minimum atomic E-state index is -0.729. The molecule has 0 saturated heterocycles. The van der Waals surface area contributed by atoms with Gasteiger partial charge in [0.15, 0.2) is 28.6 Å². The van der Waals surface area contributed by atoms with Gasteiger partial charge in [-0.2, -0.15) is 10.1 Å². The van der Waals surface area contributed by atoms with E-state index >= 15 is 0 Å². The van der Waals surface area contributed by atoms with Gasteiger partial charge in [-0.25, -0.2) is 9.37 Å². The number of H-pyrrole nitrogens is 1. The molecule has 0 spiro atoms. The number of benzene rings is 2. The molecule has 1 aliphatic heterocycles. The standard InChI is InChI=1S/C24H18ClFN6O3/c1-24(12-34-17-7-2-3-8-18(17)35-24)11-28-23-27-9-13-20-14(10-29-31-20)22(33)32(21(13)30-23)16-6-4-5-15(25)19(16)26/h2-10H,11-12H2,1H3,(H,29,31)(H,27,28,30). The number of nitrogens with one attached hydrogen (secondary N) is 2. The van der Waals surface area contributed by atoms with Crippen molar-refractivity contribution in [2.75, 3.05) is 18.5 Å². The number of aromatic amines is 1. The molecule has 1 unspecified atom stereocenters. The lowest BCUT2D eigenvalue weighted by Gasteiger charge is -2.35. The molecule has 1 atom stereocenters. The van der Waals surface area contributed by atoms with Gasteiger partial charge in [0.2, 0.25) is 5.95 Å². The van der Waals surface area contributed by atoms with Gasteiger partial charge in [-0.1, -0.05) is 29.8 Å². The van der Waals surface area contributed by atoms with Crippen LogP contribution in [0.15, 0.2) is 59.7 Å². The van der Waals surface area contributed by atoms with Gasteiger partial charge in [-0.05, 0) is 31.2 Å². The van der Waals surface area contributed by atoms with Crippen molar-refractivity contribution < 1.29 is 13.9 Å². The highest BCUT2D eigenvalue weighted by Gasteiger charge is 2.33. The van der Waals surface area contributed by atoms with Crippen molar-refractivity contribution in [2.45, 2.75) is 12.5 Å². The molecule has 0 aliphatic carbocycles. The highest BCUT2D eigenvalue weighted by molar-refractivity contribution is 6.30. The van der Waals surface area contributed by atoms with Crippen LogP contribution in [-0.2, 0) is 0 Å². The molecule has 6 rings (SSSR count). The molecule has 0 saturated carbocycles. The number of halogens is 2. The fourth-order valence-electron chi connectivity index (χ4n) is 4.10. The van der Waals surface area contributed by atoms with E-state index in [1.807, 2.05) is 31.2 Å². The number of fused-ring (bicyclic) bond motifs is 4. The van der Waals surface area contributed by atoms with Crippen LogP contribution >= 0.6 is 11.6 Å². The van der Waals surface area contributed by atoms with Crippen molar-refractivity contribution in [2.24, 2.45) is 0 Å². The van der Waals surface area contributed by atoms with E-state index in [1.54, 1.807) is 12.3 Å². The third kappa shape index (κ3) is 3.53. The molecule has 35 heavy (non-hydrogen) atoms. The van der Waals surface area contributed by atoms with Crippen LogP contribution < -0.4 is 20.3 Å². The summed E-state index contributed by atoms with van der Waals surface area (Å²) in [6, 6.07) is 11.9. The fraction of sp³-hybridized carbons (Fsp3) is 0.167. The lowest BCUT2D eigenvalue weighted by molar-refractivity contribution is 0.0165. The fourth-order valence-corrected chi connectivity index (χ4v) is 4.27. The van der Waals surface area contributed by atoms with Crippen LogP contribution in [0.2, 0.25) is 5.02 Å². The average Bonchev–Trinajstić information content (AvgIpc) is 3.36. The predicted octanol–water partition coefficient (Wildman–Crippen LogP) is 4.09. The van der Waals surface area contributed by atoms with E-state index in [1.165, 1.54) is 22.9 Å². The van der Waals surface area contributed by atoms with Crippen molar-refractivity contribution in [1.29, 1.82) is 0 Å². The monoisotopic (exact) mass is 492 g/mol. The van der Waals surface area contributed by atoms with Crippen LogP contribution in [0.4, 0.5) is 10.3 Å². The molecule has 0 bridgehead atoms. The molecule has 4 heterocycles. The Morgan fingerprint density at radius 2 is 2.00 bits per heavy atom. The lowest BCUT2D eigenvalue weighted by Crippen LogP contribution is -2.47. The van der Waals surface area contributed by atoms with Gasteiger partial charge in [0.1, 0.15) is 6.61 Å². The van der Waals surface area contributed by atoms with Gasteiger partial charge in [0.05, 0.1) is 39.7 Å². The summed E-state index contributed by atoms with van der Waals surface area (Å²) in [5.74, 6) is 0.834. The number of para-hydroxylation sites is 2. The number of hydrogen-bond acceptors (Lipinski definition) is 7. The topological polar surface area (TPSA) is 107 Å². The van der Waals surface area contributed by atoms with Crippen LogP contribution in [0.25, 0.3) is 27.6 Å². The van der Waals surface area contributed by atoms with Crippen LogP contribution in [0.3, 0.4) is 0 Å². The summed E-state index contributed by atoms with van der Waals surface area (Å²) in [5.41, 5.74) is -0.546. The Morgan fingerprint density at radius 1 is 1.17 bits per heavy atom. The molecule has 5 aromatic rings. The molecule has 9 nitrogen and oxygen atoms in total. The van der Waals surface area contributed by atoms with Crippen molar-refractivity contribution in [3.63, 3.8) is 0 Å². The third-order valence-electron chi connectivity index (χ3n) is 5.85. The van der Waals surface area contributed by atoms with Crippen molar-refractivity contribution in [1.82, 2.24) is 24.7 Å². The normalized spacial score (nSPS) is 17.1. The van der Waals surface area contributed by atoms with E-state index in [0.717, 1.165) is 0 Å². The summed E-state index contributed by atoms with van der Waals surface area (Å²) >= 11 is 6.00. The number of rotatable bonds is 4. The number of aromatic nitrogens is 5. The number of ether oxygens (including phenoxy) is 2. The van der Waals surface area contributed by atoms with Gasteiger partial charge in [0, 0.05) is 6.20 Å². The maximum atomic E-state index is 15.0. The van der Waals surface area contributed by atoms with Gasteiger partial charge >= 0.3 is 0 Å². The highest BCUT2D eigenvalue weighted by Crippen LogP contribution is 2.35. The highest BCUT2D eigenvalue weighted by atomic mass is 35.5. The van der Waals surface area contributed by atoms with E-state index in [4.69, 9.17) is 21.1 Å². The Morgan fingerprint density at radius 3 is 2.86 bits per heavy atom. The Kier molecular flexibility index (Phi) is 4.85. The molecule has 2 N–H and O–H groups in total. The Hall–Kier alpha value is -4.18. The van der Waals surface area contributed by atoms with E-state index in [0.29, 0.717) is 35.6 Å². The number of pyridine rings is 1. The van der Waals surface area contributed by atoms with Gasteiger partial charge in [-0.15, -0.1) is 0 Å². The second kappa shape index (κ2) is 7.95. The molecular weight excluding hydrogens is 475 g/mol. The van der Waals surface area contributed by atoms with E-state index in [9.17, 15) is 9.18 Å². The molecule has 0 radical (unpaired) electrons. The predicted molar refractivity (Wildman–Crippen MR) is 129 cm³/mol. The summed E-state index contributed by atoms with van der Waals surface area (Å²) in [4.78, 5) is 22.3. The molecule has 11 heteroatoms. The SMILES string of the molecule is CC1(CNc2ncc3c4[nH]ncc4c(=O)n(-c4cccc(Cl)c4F)c3n2)COc2ccccc2O1. The summed E-state index contributed by atoms with van der Waals surface area (Å²) in [7, 11) is 0. The smallest absolute Gasteiger partial charge is 0.267 e. The van der Waals surface area contributed by atoms with Crippen molar-refractivity contribution >= 4 is 39.5 Å². The van der Waals surface area contributed by atoms with Gasteiger partial charge < -0.3 is 14.8 Å². The summed E-state index contributed by atoms with van der Waals surface area (Å²) < 4.78 is 28.1. The zero-order valence-electron chi connectivity index (χ0n) is 18.4.